The van der Waals surface area contributed by atoms with Gasteiger partial charge in [0.15, 0.2) is 0 Å². The Kier molecular flexibility index (Phi) is 2.57. The fourth-order valence-corrected chi connectivity index (χ4v) is 2.21. The third-order valence-electron chi connectivity index (χ3n) is 2.80. The minimum absolute atomic E-state index is 0.0985. The van der Waals surface area contributed by atoms with Crippen molar-refractivity contribution in [2.45, 2.75) is 6.17 Å². The summed E-state index contributed by atoms with van der Waals surface area (Å²) in [5.74, 6) is 0. The summed E-state index contributed by atoms with van der Waals surface area (Å²) in [6, 6.07) is 18.0. The van der Waals surface area contributed by atoms with Crippen molar-refractivity contribution < 1.29 is 0 Å². The summed E-state index contributed by atoms with van der Waals surface area (Å²) in [7, 11) is 0. The Morgan fingerprint density at radius 1 is 0.941 bits per heavy atom. The van der Waals surface area contributed by atoms with Gasteiger partial charge < -0.3 is 5.32 Å². The van der Waals surface area contributed by atoms with Crippen molar-refractivity contribution in [3.63, 3.8) is 0 Å². The largest absolute Gasteiger partial charge is 0.359 e. The highest BCUT2D eigenvalue weighted by atomic mass is 35.5. The second-order valence-corrected chi connectivity index (χ2v) is 4.28. The monoisotopic (exact) mass is 242 g/mol. The Balaban J connectivity index is 2.02. The molecule has 17 heavy (non-hydrogen) atoms. The lowest BCUT2D eigenvalue weighted by molar-refractivity contribution is 0.832. The first kappa shape index (κ1) is 10.4. The molecule has 2 aromatic carbocycles. The maximum atomic E-state index is 6.20. The van der Waals surface area contributed by atoms with Gasteiger partial charge in [-0.15, -0.1) is 0 Å². The highest BCUT2D eigenvalue weighted by molar-refractivity contribution is 6.70. The summed E-state index contributed by atoms with van der Waals surface area (Å²) >= 11 is 6.20. The number of aliphatic imine (C=N–C) groups is 1. The van der Waals surface area contributed by atoms with E-state index in [0.29, 0.717) is 5.17 Å². The van der Waals surface area contributed by atoms with Gasteiger partial charge in [0.2, 0.25) is 0 Å². The molecule has 2 aromatic rings. The minimum atomic E-state index is -0.0985. The minimum Gasteiger partial charge on any atom is -0.359 e. The second-order valence-electron chi connectivity index (χ2n) is 3.92. The standard InChI is InChI=1S/C14H11ClN2/c15-13-11-8-4-5-9-12(11)16-14(17-13)10-6-2-1-3-7-10/h1-9,14,16H. The van der Waals surface area contributed by atoms with Crippen molar-refractivity contribution in [3.8, 4) is 0 Å². The van der Waals surface area contributed by atoms with Crippen LogP contribution in [0.25, 0.3) is 0 Å². The summed E-state index contributed by atoms with van der Waals surface area (Å²) in [5, 5.41) is 3.93. The van der Waals surface area contributed by atoms with E-state index in [9.17, 15) is 0 Å². The van der Waals surface area contributed by atoms with Crippen LogP contribution in [0.1, 0.15) is 17.3 Å². The van der Waals surface area contributed by atoms with Gasteiger partial charge in [-0.2, -0.15) is 0 Å². The lowest BCUT2D eigenvalue weighted by Crippen LogP contribution is -2.17. The van der Waals surface area contributed by atoms with Gasteiger partial charge in [0, 0.05) is 11.3 Å². The fourth-order valence-electron chi connectivity index (χ4n) is 1.94. The molecule has 0 spiro atoms. The van der Waals surface area contributed by atoms with E-state index in [2.05, 4.69) is 10.3 Å². The van der Waals surface area contributed by atoms with Crippen LogP contribution in [0, 0.1) is 0 Å². The maximum absolute atomic E-state index is 6.20. The Labute approximate surface area is 105 Å². The first-order valence-corrected chi connectivity index (χ1v) is 5.86. The van der Waals surface area contributed by atoms with E-state index in [1.807, 2.05) is 54.6 Å². The zero-order valence-electron chi connectivity index (χ0n) is 9.10. The molecular formula is C14H11ClN2. The molecule has 0 saturated heterocycles. The highest BCUT2D eigenvalue weighted by Gasteiger charge is 2.19. The predicted octanol–water partition coefficient (Wildman–Crippen LogP) is 3.80. The number of anilines is 1. The molecule has 0 aromatic heterocycles. The number of nitrogens with one attached hydrogen (secondary N) is 1. The molecule has 3 heteroatoms. The molecule has 1 N–H and O–H groups in total. The lowest BCUT2D eigenvalue weighted by atomic mass is 10.1. The molecule has 0 fully saturated rings. The van der Waals surface area contributed by atoms with E-state index in [1.165, 1.54) is 0 Å². The number of para-hydroxylation sites is 1. The molecule has 1 unspecified atom stereocenters. The lowest BCUT2D eigenvalue weighted by Gasteiger charge is -2.23. The topological polar surface area (TPSA) is 24.4 Å². The molecule has 1 heterocycles. The number of rotatable bonds is 1. The van der Waals surface area contributed by atoms with Crippen molar-refractivity contribution in [2.24, 2.45) is 4.99 Å². The van der Waals surface area contributed by atoms with Gasteiger partial charge in [0.25, 0.3) is 0 Å². The molecule has 0 aliphatic carbocycles. The summed E-state index contributed by atoms with van der Waals surface area (Å²) in [6.07, 6.45) is -0.0985. The third kappa shape index (κ3) is 1.92. The first-order chi connectivity index (χ1) is 8.34. The predicted molar refractivity (Wildman–Crippen MR) is 71.6 cm³/mol. The van der Waals surface area contributed by atoms with E-state index in [-0.39, 0.29) is 6.17 Å². The SMILES string of the molecule is ClC1=NC(c2ccccc2)Nc2ccccc21. The normalized spacial score (nSPS) is 17.9. The zero-order chi connectivity index (χ0) is 11.7. The number of halogens is 1. The Hall–Kier alpha value is -1.80. The fraction of sp³-hybridized carbons (Fsp3) is 0.0714. The van der Waals surface area contributed by atoms with Crippen molar-refractivity contribution in [2.75, 3.05) is 5.32 Å². The quantitative estimate of drug-likeness (QED) is 0.808. The first-order valence-electron chi connectivity index (χ1n) is 5.49. The average molecular weight is 243 g/mol. The van der Waals surface area contributed by atoms with E-state index in [0.717, 1.165) is 16.8 Å². The molecular weight excluding hydrogens is 232 g/mol. The van der Waals surface area contributed by atoms with Gasteiger partial charge >= 0.3 is 0 Å². The van der Waals surface area contributed by atoms with Gasteiger partial charge in [0.1, 0.15) is 11.3 Å². The Morgan fingerprint density at radius 3 is 2.47 bits per heavy atom. The highest BCUT2D eigenvalue weighted by Crippen LogP contribution is 2.30. The molecule has 0 radical (unpaired) electrons. The summed E-state index contributed by atoms with van der Waals surface area (Å²) < 4.78 is 0. The third-order valence-corrected chi connectivity index (χ3v) is 3.10. The molecule has 0 bridgehead atoms. The van der Waals surface area contributed by atoms with Crippen LogP contribution in [-0.4, -0.2) is 5.17 Å². The Morgan fingerprint density at radius 2 is 1.65 bits per heavy atom. The number of nitrogens with zero attached hydrogens (tertiary/aromatic N) is 1. The van der Waals surface area contributed by atoms with Crippen LogP contribution in [0.5, 0.6) is 0 Å². The van der Waals surface area contributed by atoms with Crippen molar-refractivity contribution in [1.82, 2.24) is 0 Å². The van der Waals surface area contributed by atoms with E-state index >= 15 is 0 Å². The van der Waals surface area contributed by atoms with Crippen molar-refractivity contribution in [1.29, 1.82) is 0 Å². The summed E-state index contributed by atoms with van der Waals surface area (Å²) in [4.78, 5) is 4.46. The second kappa shape index (κ2) is 4.22. The Bertz CT molecular complexity index is 563. The van der Waals surface area contributed by atoms with E-state index in [4.69, 9.17) is 11.6 Å². The summed E-state index contributed by atoms with van der Waals surface area (Å²) in [5.41, 5.74) is 3.10. The average Bonchev–Trinajstić information content (AvgIpc) is 2.40. The van der Waals surface area contributed by atoms with E-state index < -0.39 is 0 Å². The molecule has 0 amide bonds. The van der Waals surface area contributed by atoms with Crippen LogP contribution in [0.15, 0.2) is 59.6 Å². The molecule has 84 valence electrons. The molecule has 0 saturated carbocycles. The smallest absolute Gasteiger partial charge is 0.146 e. The van der Waals surface area contributed by atoms with Crippen LogP contribution in [0.2, 0.25) is 0 Å². The van der Waals surface area contributed by atoms with Crippen LogP contribution >= 0.6 is 11.6 Å². The van der Waals surface area contributed by atoms with Crippen LogP contribution < -0.4 is 5.32 Å². The number of hydrogen-bond donors (Lipinski definition) is 1. The molecule has 1 atom stereocenters. The molecule has 1 aliphatic rings. The van der Waals surface area contributed by atoms with Crippen molar-refractivity contribution >= 4 is 22.5 Å². The number of hydrogen-bond acceptors (Lipinski definition) is 2. The van der Waals surface area contributed by atoms with Gasteiger partial charge in [0.05, 0.1) is 0 Å². The van der Waals surface area contributed by atoms with Crippen LogP contribution in [0.3, 0.4) is 0 Å². The maximum Gasteiger partial charge on any atom is 0.146 e. The van der Waals surface area contributed by atoms with Gasteiger partial charge in [-0.1, -0.05) is 54.1 Å². The molecule has 3 rings (SSSR count). The van der Waals surface area contributed by atoms with Crippen LogP contribution in [0.4, 0.5) is 5.69 Å². The van der Waals surface area contributed by atoms with Gasteiger partial charge in [-0.25, -0.2) is 4.99 Å². The van der Waals surface area contributed by atoms with Gasteiger partial charge in [-0.3, -0.25) is 0 Å². The zero-order valence-corrected chi connectivity index (χ0v) is 9.85. The number of benzene rings is 2. The molecule has 1 aliphatic heterocycles. The van der Waals surface area contributed by atoms with Gasteiger partial charge in [-0.05, 0) is 17.7 Å². The summed E-state index contributed by atoms with van der Waals surface area (Å²) in [6.45, 7) is 0. The number of fused-ring (bicyclic) bond motifs is 1. The van der Waals surface area contributed by atoms with Crippen LogP contribution in [-0.2, 0) is 0 Å². The van der Waals surface area contributed by atoms with E-state index in [1.54, 1.807) is 0 Å². The van der Waals surface area contributed by atoms with Crippen molar-refractivity contribution in [3.05, 3.63) is 65.7 Å². The molecule has 2 nitrogen and oxygen atoms in total.